The lowest BCUT2D eigenvalue weighted by Crippen LogP contribution is -2.55. The van der Waals surface area contributed by atoms with Crippen molar-refractivity contribution in [2.24, 2.45) is 40.9 Å². The maximum Gasteiger partial charge on any atom is 0.0921 e. The first-order valence-corrected chi connectivity index (χ1v) is 12.2. The van der Waals surface area contributed by atoms with Crippen molar-refractivity contribution in [2.45, 2.75) is 109 Å². The summed E-state index contributed by atoms with van der Waals surface area (Å²) in [6, 6.07) is 0. The largest absolute Gasteiger partial charge is 0.390 e. The van der Waals surface area contributed by atoms with Crippen LogP contribution in [0, 0.1) is 40.9 Å². The molecule has 2 heteroatoms. The minimum Gasteiger partial charge on any atom is -0.390 e. The molecule has 0 aromatic carbocycles. The van der Waals surface area contributed by atoms with E-state index in [0.29, 0.717) is 5.41 Å². The van der Waals surface area contributed by atoms with Gasteiger partial charge in [-0.15, -0.1) is 0 Å². The molecule has 4 saturated carbocycles. The Bertz CT molecular complexity index is 569. The van der Waals surface area contributed by atoms with Gasteiger partial charge in [0.15, 0.2) is 0 Å². The molecule has 0 amide bonds. The van der Waals surface area contributed by atoms with Crippen LogP contribution in [0.15, 0.2) is 0 Å². The normalized spacial score (nSPS) is 57.3. The maximum atomic E-state index is 11.1. The van der Waals surface area contributed by atoms with Gasteiger partial charge in [-0.3, -0.25) is 0 Å². The lowest BCUT2D eigenvalue weighted by atomic mass is 9.44. The highest BCUT2D eigenvalue weighted by Gasteiger charge is 2.62. The topological polar surface area (TPSA) is 32.8 Å². The van der Waals surface area contributed by atoms with E-state index in [2.05, 4.69) is 20.8 Å². The van der Waals surface area contributed by atoms with E-state index in [1.807, 2.05) is 0 Å². The Labute approximate surface area is 166 Å². The van der Waals surface area contributed by atoms with Crippen LogP contribution in [0.2, 0.25) is 0 Å². The van der Waals surface area contributed by atoms with Crippen molar-refractivity contribution < 1.29 is 9.84 Å². The Morgan fingerprint density at radius 1 is 0.926 bits per heavy atom. The molecule has 9 atom stereocenters. The second-order valence-electron chi connectivity index (χ2n) is 11.8. The number of hydrogen-bond donors (Lipinski definition) is 1. The molecule has 154 valence electrons. The Morgan fingerprint density at radius 2 is 1.70 bits per heavy atom. The van der Waals surface area contributed by atoms with E-state index in [0.717, 1.165) is 67.8 Å². The van der Waals surface area contributed by atoms with E-state index in [-0.39, 0.29) is 11.2 Å². The third-order valence-corrected chi connectivity index (χ3v) is 10.4. The molecule has 5 fully saturated rings. The highest BCUT2D eigenvalue weighted by Crippen LogP contribution is 2.66. The van der Waals surface area contributed by atoms with Gasteiger partial charge in [-0.2, -0.15) is 0 Å². The summed E-state index contributed by atoms with van der Waals surface area (Å²) >= 11 is 0. The third kappa shape index (κ3) is 2.95. The fourth-order valence-corrected chi connectivity index (χ4v) is 9.17. The summed E-state index contributed by atoms with van der Waals surface area (Å²) in [5.41, 5.74) is 0.397. The Morgan fingerprint density at radius 3 is 2.44 bits per heavy atom. The first-order chi connectivity index (χ1) is 12.9. The van der Waals surface area contributed by atoms with Gasteiger partial charge >= 0.3 is 0 Å². The van der Waals surface area contributed by atoms with Gasteiger partial charge in [0.25, 0.3) is 0 Å². The lowest BCUT2D eigenvalue weighted by molar-refractivity contribution is -0.139. The first kappa shape index (κ1) is 18.9. The Hall–Kier alpha value is -0.0800. The van der Waals surface area contributed by atoms with Crippen molar-refractivity contribution in [3.63, 3.8) is 0 Å². The van der Waals surface area contributed by atoms with E-state index in [9.17, 15) is 5.11 Å². The summed E-state index contributed by atoms with van der Waals surface area (Å²) in [6.07, 6.45) is 15.6. The fourth-order valence-electron chi connectivity index (χ4n) is 9.17. The number of ether oxygens (including phenoxy) is 1. The van der Waals surface area contributed by atoms with Crippen molar-refractivity contribution >= 4 is 0 Å². The van der Waals surface area contributed by atoms with Crippen LogP contribution in [0.5, 0.6) is 0 Å². The number of rotatable bonds is 3. The third-order valence-electron chi connectivity index (χ3n) is 10.4. The molecular formula is C25H42O2. The molecule has 0 radical (unpaired) electrons. The first-order valence-electron chi connectivity index (χ1n) is 12.2. The standard InChI is InChI=1S/C25H42O2/c1-4-12-25(26)14-11-18-17(15-25)8-9-20-19(18)10-13-23(2)21(20)6-5-7-22(23)24(3)16-27-24/h17-22,26H,4-16H2,1-3H3/t17-,18?,19-,20-,21+,22+,23+,24?,25-/m1/s1. The molecule has 0 aromatic heterocycles. The van der Waals surface area contributed by atoms with E-state index in [1.54, 1.807) is 0 Å². The van der Waals surface area contributed by atoms with Crippen LogP contribution >= 0.6 is 0 Å². The van der Waals surface area contributed by atoms with E-state index in [1.165, 1.54) is 51.4 Å². The molecular weight excluding hydrogens is 332 g/mol. The van der Waals surface area contributed by atoms with Crippen LogP contribution in [0.3, 0.4) is 0 Å². The van der Waals surface area contributed by atoms with E-state index in [4.69, 9.17) is 4.74 Å². The highest BCUT2D eigenvalue weighted by atomic mass is 16.6. The van der Waals surface area contributed by atoms with Crippen molar-refractivity contribution in [2.75, 3.05) is 6.61 Å². The van der Waals surface area contributed by atoms with Gasteiger partial charge in [0.1, 0.15) is 0 Å². The molecule has 1 saturated heterocycles. The predicted molar refractivity (Wildman–Crippen MR) is 109 cm³/mol. The summed E-state index contributed by atoms with van der Waals surface area (Å²) < 4.78 is 5.99. The number of fused-ring (bicyclic) bond motifs is 5. The lowest BCUT2D eigenvalue weighted by Gasteiger charge is -2.61. The monoisotopic (exact) mass is 374 g/mol. The quantitative estimate of drug-likeness (QED) is 0.618. The molecule has 0 aromatic rings. The molecule has 2 nitrogen and oxygen atoms in total. The van der Waals surface area contributed by atoms with Crippen molar-refractivity contribution in [3.05, 3.63) is 0 Å². The molecule has 1 N–H and O–H groups in total. The summed E-state index contributed by atoms with van der Waals surface area (Å²) in [7, 11) is 0. The van der Waals surface area contributed by atoms with Gasteiger partial charge < -0.3 is 9.84 Å². The SMILES string of the molecule is CCC[C@@]1(O)CCC2[C@H](CC[C@@H]3[C@@H]2CC[C@]2(C)[C@@H](C4(C)CO4)CCC[C@@H]32)C1. The number of epoxide rings is 1. The molecule has 1 aliphatic heterocycles. The van der Waals surface area contributed by atoms with Gasteiger partial charge in [0.05, 0.1) is 17.8 Å². The minimum atomic E-state index is -0.334. The van der Waals surface area contributed by atoms with Crippen LogP contribution in [-0.2, 0) is 4.74 Å². The van der Waals surface area contributed by atoms with Crippen LogP contribution in [0.4, 0.5) is 0 Å². The minimum absolute atomic E-state index is 0.207. The molecule has 0 spiro atoms. The van der Waals surface area contributed by atoms with Crippen LogP contribution in [0.1, 0.15) is 97.8 Å². The zero-order valence-electron chi connectivity index (χ0n) is 18.0. The summed E-state index contributed by atoms with van der Waals surface area (Å²) in [6.45, 7) is 8.28. The number of aliphatic hydroxyl groups is 1. The summed E-state index contributed by atoms with van der Waals surface area (Å²) in [5, 5.41) is 11.1. The molecule has 4 aliphatic carbocycles. The van der Waals surface area contributed by atoms with E-state index < -0.39 is 0 Å². The fraction of sp³-hybridized carbons (Fsp3) is 1.00. The molecule has 2 unspecified atom stereocenters. The van der Waals surface area contributed by atoms with Gasteiger partial charge in [-0.25, -0.2) is 0 Å². The van der Waals surface area contributed by atoms with Gasteiger partial charge in [-0.05, 0) is 112 Å². The predicted octanol–water partition coefficient (Wildman–Crippen LogP) is 5.97. The van der Waals surface area contributed by atoms with Crippen LogP contribution < -0.4 is 0 Å². The maximum absolute atomic E-state index is 11.1. The second kappa shape index (κ2) is 6.46. The van der Waals surface area contributed by atoms with Crippen molar-refractivity contribution in [1.29, 1.82) is 0 Å². The molecule has 27 heavy (non-hydrogen) atoms. The molecule has 1 heterocycles. The van der Waals surface area contributed by atoms with Crippen LogP contribution in [-0.4, -0.2) is 22.9 Å². The van der Waals surface area contributed by atoms with E-state index >= 15 is 0 Å². The number of hydrogen-bond acceptors (Lipinski definition) is 2. The zero-order chi connectivity index (χ0) is 18.9. The average molecular weight is 375 g/mol. The molecule has 0 bridgehead atoms. The second-order valence-corrected chi connectivity index (χ2v) is 11.8. The Balaban J connectivity index is 1.35. The van der Waals surface area contributed by atoms with Crippen LogP contribution in [0.25, 0.3) is 0 Å². The summed E-state index contributed by atoms with van der Waals surface area (Å²) in [5.74, 6) is 5.38. The molecule has 5 rings (SSSR count). The van der Waals surface area contributed by atoms with Gasteiger partial charge in [-0.1, -0.05) is 26.7 Å². The smallest absolute Gasteiger partial charge is 0.0921 e. The highest BCUT2D eigenvalue weighted by molar-refractivity contribution is 5.11. The van der Waals surface area contributed by atoms with Gasteiger partial charge in [0.2, 0.25) is 0 Å². The average Bonchev–Trinajstić information content (AvgIpc) is 3.38. The van der Waals surface area contributed by atoms with Crippen molar-refractivity contribution in [1.82, 2.24) is 0 Å². The zero-order valence-corrected chi connectivity index (χ0v) is 18.0. The van der Waals surface area contributed by atoms with Crippen molar-refractivity contribution in [3.8, 4) is 0 Å². The summed E-state index contributed by atoms with van der Waals surface area (Å²) in [4.78, 5) is 0. The molecule has 5 aliphatic rings. The Kier molecular flexibility index (Phi) is 4.53. The van der Waals surface area contributed by atoms with Gasteiger partial charge in [0, 0.05) is 0 Å².